The lowest BCUT2D eigenvalue weighted by atomic mass is 9.89. The van der Waals surface area contributed by atoms with Gasteiger partial charge in [-0.3, -0.25) is 13.5 Å². The standard InChI is InChI=1S/C9H9FO3.C9H16O3.C9H10O3.C5H10O4.C5H8O3.C5H6O3.C4H5F3O4.C4H8O3.C3H5FO3.2CH3F/c1-6-3-4-7(5-8(6)10)13-9(11)12-2;2*1-7-3-5-8(6-4-7)12-9(10)11-2;1-3-8-4-9-5(6)7-2;2*1-3-4-8-5(6)7-2;1-9-3(8)11-4(6,7)10-2-5;1-3-7-4(5)6-2;1-6-3(5)7-2-4;2*1-2/h3-5H,1-2H3;7-8H,3-6H2,1-2H3;3-6H,1-2H3;3-4H2,1-2H3;3-4H,1-2H3;1-2H3;2H2,1H3;3H2,1-2H3;2H2,1H3;2*1H3. The number of halogens is 7. The number of hydrogen-bond donors (Lipinski definition) is 0. The molecule has 1 fully saturated rings. The molecule has 2 aromatic rings. The van der Waals surface area contributed by atoms with Gasteiger partial charge >= 0.3 is 61.7 Å². The van der Waals surface area contributed by atoms with E-state index in [4.69, 9.17) is 9.47 Å². The van der Waals surface area contributed by atoms with Crippen LogP contribution in [0, 0.1) is 37.6 Å². The molecule has 526 valence electrons. The molecule has 0 aliphatic heterocycles. The second kappa shape index (κ2) is 71.4. The minimum absolute atomic E-state index is 0.0385. The van der Waals surface area contributed by atoms with Crippen molar-refractivity contribution in [2.75, 3.05) is 112 Å². The maximum atomic E-state index is 12.9. The summed E-state index contributed by atoms with van der Waals surface area (Å²) in [5.74, 6) is 3.35. The molecule has 0 heterocycles. The van der Waals surface area contributed by atoms with Crippen molar-refractivity contribution in [3.05, 3.63) is 71.7 Å². The van der Waals surface area contributed by atoms with E-state index >= 15 is 0 Å². The van der Waals surface area contributed by atoms with Gasteiger partial charge < -0.3 is 90.0 Å². The minimum atomic E-state index is -4.28. The zero-order valence-electron chi connectivity index (χ0n) is 53.7. The van der Waals surface area contributed by atoms with Crippen LogP contribution >= 0.6 is 0 Å². The summed E-state index contributed by atoms with van der Waals surface area (Å²) in [4.78, 5) is 91.9. The number of benzene rings is 2. The third-order valence-corrected chi connectivity index (χ3v) is 8.15. The second-order valence-corrected chi connectivity index (χ2v) is 14.3. The van der Waals surface area contributed by atoms with Crippen LogP contribution in [0.5, 0.6) is 11.5 Å². The first-order valence-corrected chi connectivity index (χ1v) is 25.1. The van der Waals surface area contributed by atoms with E-state index in [0.29, 0.717) is 38.9 Å². The van der Waals surface area contributed by atoms with Crippen LogP contribution in [0.15, 0.2) is 54.8 Å². The van der Waals surface area contributed by atoms with Gasteiger partial charge in [0.1, 0.15) is 29.5 Å². The van der Waals surface area contributed by atoms with Crippen LogP contribution in [0.1, 0.15) is 71.4 Å². The number of rotatable bonds is 12. The highest BCUT2D eigenvalue weighted by Crippen LogP contribution is 2.25. The predicted molar refractivity (Wildman–Crippen MR) is 302 cm³/mol. The molecule has 0 aromatic heterocycles. The largest absolute Gasteiger partial charge is 0.542 e. The van der Waals surface area contributed by atoms with E-state index in [-0.39, 0.29) is 18.6 Å². The Morgan fingerprint density at radius 1 is 0.560 bits per heavy atom. The Bertz CT molecular complexity index is 2240. The van der Waals surface area contributed by atoms with E-state index in [1.54, 1.807) is 52.8 Å². The van der Waals surface area contributed by atoms with Crippen molar-refractivity contribution in [3.8, 4) is 23.5 Å². The van der Waals surface area contributed by atoms with Gasteiger partial charge in [-0.05, 0) is 90.0 Å². The average Bonchev–Trinajstić information content (AvgIpc) is 2.24. The van der Waals surface area contributed by atoms with Gasteiger partial charge in [0.15, 0.2) is 13.7 Å². The molecule has 29 nitrogen and oxygen atoms in total. The van der Waals surface area contributed by atoms with Gasteiger partial charge in [-0.1, -0.05) is 42.7 Å². The second-order valence-electron chi connectivity index (χ2n) is 14.3. The van der Waals surface area contributed by atoms with Crippen LogP contribution in [0.4, 0.5) is 73.9 Å². The van der Waals surface area contributed by atoms with Crippen molar-refractivity contribution in [2.45, 2.75) is 86.5 Å². The van der Waals surface area contributed by atoms with Crippen LogP contribution in [0.3, 0.4) is 0 Å². The summed E-state index contributed by atoms with van der Waals surface area (Å²) in [7, 11) is 11.7. The normalized spacial score (nSPS) is 11.3. The summed E-state index contributed by atoms with van der Waals surface area (Å²) >= 11 is 0. The molecule has 1 aliphatic carbocycles. The zero-order chi connectivity index (χ0) is 72.0. The molecule has 0 radical (unpaired) electrons. The van der Waals surface area contributed by atoms with Gasteiger partial charge in [-0.25, -0.2) is 56.3 Å². The van der Waals surface area contributed by atoms with Gasteiger partial charge in [0.05, 0.1) is 91.2 Å². The maximum absolute atomic E-state index is 12.9. The molecule has 0 spiro atoms. The Morgan fingerprint density at radius 3 is 1.37 bits per heavy atom. The lowest BCUT2D eigenvalue weighted by Crippen LogP contribution is -2.28. The highest BCUT2D eigenvalue weighted by Gasteiger charge is 2.37. The highest BCUT2D eigenvalue weighted by molar-refractivity contribution is 5.64. The SMILES string of the molecule is CC#COC(=O)OC.CC=COC(=O)OC.CCOC(=O)OC.CCOCOC(=O)OC.CF.CF.COC(=O)OC(F)(F)OCF.COC(=O)OC1CCC(C)CC1.COC(=O)OCF.COC(=O)Oc1ccc(C)c(F)c1.COC(=O)Oc1ccc(C)cc1. The first-order chi connectivity index (χ1) is 43.1. The number of carbonyl (C=O) groups excluding carboxylic acids is 9. The topological polar surface area (TPSA) is 338 Å². The third kappa shape index (κ3) is 74.8. The lowest BCUT2D eigenvalue weighted by Gasteiger charge is -2.25. The Kier molecular flexibility index (Phi) is 76.7. The fraction of sp³-hybridized carbons (Fsp3) is 0.545. The molecule has 0 bridgehead atoms. The molecule has 3 rings (SSSR count). The molecule has 0 N–H and O–H groups in total. The molecular weight excluding hydrogens is 1260 g/mol. The van der Waals surface area contributed by atoms with E-state index in [1.165, 1.54) is 68.2 Å². The van der Waals surface area contributed by atoms with Gasteiger partial charge in [-0.2, -0.15) is 0 Å². The number of hydrogen-bond acceptors (Lipinski definition) is 29. The quantitative estimate of drug-likeness (QED) is 0.0278. The Balaban J connectivity index is -0.000000142. The van der Waals surface area contributed by atoms with Crippen LogP contribution in [0.2, 0.25) is 0 Å². The number of aryl methyl sites for hydroxylation is 2. The molecular formula is C55H83F7O29. The van der Waals surface area contributed by atoms with Gasteiger partial charge in [0, 0.05) is 19.6 Å². The Labute approximate surface area is 522 Å². The van der Waals surface area contributed by atoms with Crippen LogP contribution in [0.25, 0.3) is 0 Å². The van der Waals surface area contributed by atoms with Crippen molar-refractivity contribution in [3.63, 3.8) is 0 Å². The van der Waals surface area contributed by atoms with E-state index in [0.717, 1.165) is 57.5 Å². The number of allylic oxidation sites excluding steroid dienone is 1. The number of carbonyl (C=O) groups is 9. The first-order valence-electron chi connectivity index (χ1n) is 25.1. The van der Waals surface area contributed by atoms with Crippen molar-refractivity contribution in [1.29, 1.82) is 0 Å². The summed E-state index contributed by atoms with van der Waals surface area (Å²) < 4.78 is 161. The molecule has 91 heavy (non-hydrogen) atoms. The fourth-order valence-electron chi connectivity index (χ4n) is 4.10. The highest BCUT2D eigenvalue weighted by atomic mass is 19.3. The molecule has 0 atom stereocenters. The molecule has 36 heteroatoms. The monoisotopic (exact) mass is 1340 g/mol. The van der Waals surface area contributed by atoms with Crippen molar-refractivity contribution in [2.24, 2.45) is 5.92 Å². The first kappa shape index (κ1) is 97.9. The Hall–Kier alpha value is -9.40. The van der Waals surface area contributed by atoms with Crippen molar-refractivity contribution < 1.29 is 169 Å². The van der Waals surface area contributed by atoms with Crippen molar-refractivity contribution in [1.82, 2.24) is 0 Å². The summed E-state index contributed by atoms with van der Waals surface area (Å²) in [5.41, 5.74) is 1.62. The summed E-state index contributed by atoms with van der Waals surface area (Å²) in [5, 5.41) is 0. The fourth-order valence-corrected chi connectivity index (χ4v) is 4.10. The molecule has 0 amide bonds. The summed E-state index contributed by atoms with van der Waals surface area (Å²) in [6, 6.07) is 11.3. The van der Waals surface area contributed by atoms with Crippen LogP contribution in [-0.2, 0) is 85.3 Å². The number of alkyl halides is 6. The van der Waals surface area contributed by atoms with Gasteiger partial charge in [-0.15, -0.1) is 8.78 Å². The molecule has 0 unspecified atom stereocenters. The van der Waals surface area contributed by atoms with E-state index in [9.17, 15) is 73.9 Å². The third-order valence-electron chi connectivity index (χ3n) is 8.15. The van der Waals surface area contributed by atoms with E-state index in [2.05, 4.69) is 104 Å². The summed E-state index contributed by atoms with van der Waals surface area (Å²) in [6.45, 7) is 10.6. The van der Waals surface area contributed by atoms with E-state index < -0.39 is 81.2 Å². The predicted octanol–water partition coefficient (Wildman–Crippen LogP) is 13.5. The smallest absolute Gasteiger partial charge is 0.438 e. The Morgan fingerprint density at radius 2 is 1.00 bits per heavy atom. The van der Waals surface area contributed by atoms with E-state index in [1.807, 2.05) is 19.1 Å². The minimum Gasteiger partial charge on any atom is -0.438 e. The molecule has 2 aromatic carbocycles. The lowest BCUT2D eigenvalue weighted by molar-refractivity contribution is -0.380. The molecule has 1 saturated carbocycles. The van der Waals surface area contributed by atoms with Crippen molar-refractivity contribution >= 4 is 55.4 Å². The maximum Gasteiger partial charge on any atom is 0.542 e. The number of methoxy groups -OCH3 is 9. The molecule has 0 saturated heterocycles. The van der Waals surface area contributed by atoms with Gasteiger partial charge in [0.25, 0.3) is 0 Å². The summed E-state index contributed by atoms with van der Waals surface area (Å²) in [6.07, 6.45) is -2.55. The molecule has 1 aliphatic rings. The zero-order valence-corrected chi connectivity index (χ0v) is 53.7. The van der Waals surface area contributed by atoms with Gasteiger partial charge in [0.2, 0.25) is 6.86 Å². The van der Waals surface area contributed by atoms with Crippen LogP contribution < -0.4 is 9.47 Å². The number of ether oxygens (including phenoxy) is 20. The average molecular weight is 1340 g/mol. The van der Waals surface area contributed by atoms with Crippen LogP contribution in [-0.4, -0.2) is 180 Å².